The number of aryl methyl sites for hydroxylation is 2. The predicted octanol–water partition coefficient (Wildman–Crippen LogP) is 2.99. The highest BCUT2D eigenvalue weighted by molar-refractivity contribution is 5.68. The summed E-state index contributed by atoms with van der Waals surface area (Å²) in [5.41, 5.74) is 1.89. The average Bonchev–Trinajstić information content (AvgIpc) is 3.43. The van der Waals surface area contributed by atoms with Crippen LogP contribution < -0.4 is 0 Å². The second-order valence-corrected chi connectivity index (χ2v) is 6.80. The van der Waals surface area contributed by atoms with Crippen molar-refractivity contribution in [2.24, 2.45) is 0 Å². The van der Waals surface area contributed by atoms with Crippen LogP contribution in [0.2, 0.25) is 0 Å². The Morgan fingerprint density at radius 3 is 2.68 bits per heavy atom. The minimum absolute atomic E-state index is 0.0714. The number of hydrogen-bond donors (Lipinski definition) is 0. The standard InChI is InChI=1S/C19H22N4O5/c1-13-10-17(21-27-13)18-16(14(2)20-28-18)12-26-19(24)23-7-5-22(6-8-23)11-15-4-3-9-25-15/h3-4,9-10H,5-8,11-12H2,1-2H3. The Hall–Kier alpha value is -3.07. The number of amides is 1. The maximum Gasteiger partial charge on any atom is 0.410 e. The molecule has 4 rings (SSSR count). The molecule has 1 amide bonds. The van der Waals surface area contributed by atoms with Gasteiger partial charge in [-0.15, -0.1) is 0 Å². The zero-order valence-electron chi connectivity index (χ0n) is 15.9. The quantitative estimate of drug-likeness (QED) is 0.660. The molecule has 1 fully saturated rings. The average molecular weight is 386 g/mol. The lowest BCUT2D eigenvalue weighted by Gasteiger charge is -2.33. The summed E-state index contributed by atoms with van der Waals surface area (Å²) in [7, 11) is 0. The zero-order chi connectivity index (χ0) is 19.5. The van der Waals surface area contributed by atoms with Crippen LogP contribution >= 0.6 is 0 Å². The van der Waals surface area contributed by atoms with Gasteiger partial charge in [-0.05, 0) is 26.0 Å². The number of ether oxygens (including phenoxy) is 1. The van der Waals surface area contributed by atoms with Gasteiger partial charge in [-0.25, -0.2) is 4.79 Å². The van der Waals surface area contributed by atoms with Gasteiger partial charge in [-0.3, -0.25) is 4.90 Å². The zero-order valence-corrected chi connectivity index (χ0v) is 15.9. The van der Waals surface area contributed by atoms with Crippen molar-refractivity contribution in [1.29, 1.82) is 0 Å². The van der Waals surface area contributed by atoms with Gasteiger partial charge in [0.2, 0.25) is 0 Å². The first-order valence-corrected chi connectivity index (χ1v) is 9.15. The third kappa shape index (κ3) is 3.94. The number of piperazine rings is 1. The summed E-state index contributed by atoms with van der Waals surface area (Å²) in [5, 5.41) is 7.90. The molecule has 148 valence electrons. The van der Waals surface area contributed by atoms with Crippen LogP contribution in [-0.4, -0.2) is 52.4 Å². The van der Waals surface area contributed by atoms with E-state index in [-0.39, 0.29) is 12.7 Å². The van der Waals surface area contributed by atoms with Crippen molar-refractivity contribution in [2.45, 2.75) is 27.0 Å². The summed E-state index contributed by atoms with van der Waals surface area (Å²) in [6.45, 7) is 7.17. The Balaban J connectivity index is 1.31. The second kappa shape index (κ2) is 7.89. The first kappa shape index (κ1) is 18.3. The van der Waals surface area contributed by atoms with Crippen molar-refractivity contribution in [3.05, 3.63) is 47.2 Å². The van der Waals surface area contributed by atoms with E-state index < -0.39 is 0 Å². The molecule has 0 atom stereocenters. The van der Waals surface area contributed by atoms with Crippen molar-refractivity contribution in [2.75, 3.05) is 26.2 Å². The molecule has 3 aromatic rings. The molecule has 0 spiro atoms. The fourth-order valence-electron chi connectivity index (χ4n) is 3.17. The van der Waals surface area contributed by atoms with Crippen molar-refractivity contribution in [3.63, 3.8) is 0 Å². The van der Waals surface area contributed by atoms with Crippen LogP contribution in [-0.2, 0) is 17.9 Å². The Bertz CT molecular complexity index is 922. The Labute approximate surface area is 161 Å². The molecule has 9 nitrogen and oxygen atoms in total. The lowest BCUT2D eigenvalue weighted by atomic mass is 10.1. The SMILES string of the molecule is Cc1cc(-c2onc(C)c2COC(=O)N2CCN(Cc3ccco3)CC2)no1. The first-order chi connectivity index (χ1) is 13.6. The smallest absolute Gasteiger partial charge is 0.410 e. The van der Waals surface area contributed by atoms with Gasteiger partial charge < -0.3 is 23.1 Å². The fraction of sp³-hybridized carbons (Fsp3) is 0.421. The van der Waals surface area contributed by atoms with E-state index in [1.807, 2.05) is 12.1 Å². The minimum Gasteiger partial charge on any atom is -0.468 e. The van der Waals surface area contributed by atoms with Crippen molar-refractivity contribution >= 4 is 6.09 Å². The number of furan rings is 1. The van der Waals surface area contributed by atoms with Crippen LogP contribution in [0, 0.1) is 13.8 Å². The molecular weight excluding hydrogens is 364 g/mol. The van der Waals surface area contributed by atoms with E-state index in [0.717, 1.165) is 25.4 Å². The molecule has 0 aliphatic carbocycles. The molecule has 1 aliphatic heterocycles. The summed E-state index contributed by atoms with van der Waals surface area (Å²) in [6.07, 6.45) is 1.32. The molecule has 28 heavy (non-hydrogen) atoms. The van der Waals surface area contributed by atoms with Crippen molar-refractivity contribution < 1.29 is 23.0 Å². The van der Waals surface area contributed by atoms with Gasteiger partial charge in [0, 0.05) is 32.2 Å². The van der Waals surface area contributed by atoms with E-state index in [9.17, 15) is 4.79 Å². The van der Waals surface area contributed by atoms with Gasteiger partial charge in [0.25, 0.3) is 0 Å². The number of carbonyl (C=O) groups excluding carboxylic acids is 1. The molecule has 9 heteroatoms. The molecule has 1 saturated heterocycles. The van der Waals surface area contributed by atoms with Gasteiger partial charge >= 0.3 is 6.09 Å². The van der Waals surface area contributed by atoms with Gasteiger partial charge in [0.15, 0.2) is 11.5 Å². The number of hydrogen-bond acceptors (Lipinski definition) is 8. The molecule has 0 unspecified atom stereocenters. The van der Waals surface area contributed by atoms with Gasteiger partial charge in [-0.1, -0.05) is 10.3 Å². The normalized spacial score (nSPS) is 15.1. The van der Waals surface area contributed by atoms with Crippen LogP contribution in [0.1, 0.15) is 22.8 Å². The highest BCUT2D eigenvalue weighted by Gasteiger charge is 2.24. The summed E-state index contributed by atoms with van der Waals surface area (Å²) in [6, 6.07) is 5.59. The first-order valence-electron chi connectivity index (χ1n) is 9.15. The third-order valence-corrected chi connectivity index (χ3v) is 4.78. The second-order valence-electron chi connectivity index (χ2n) is 6.80. The van der Waals surface area contributed by atoms with E-state index in [0.29, 0.717) is 41.6 Å². The summed E-state index contributed by atoms with van der Waals surface area (Å²) in [5.74, 6) is 2.06. The van der Waals surface area contributed by atoms with Crippen LogP contribution in [0.4, 0.5) is 4.79 Å². The highest BCUT2D eigenvalue weighted by atomic mass is 16.6. The van der Waals surface area contributed by atoms with Crippen molar-refractivity contribution in [1.82, 2.24) is 20.1 Å². The maximum absolute atomic E-state index is 12.5. The largest absolute Gasteiger partial charge is 0.468 e. The van der Waals surface area contributed by atoms with Gasteiger partial charge in [0.1, 0.15) is 18.1 Å². The number of carbonyl (C=O) groups is 1. The topological polar surface area (TPSA) is 98.0 Å². The highest BCUT2D eigenvalue weighted by Crippen LogP contribution is 2.26. The van der Waals surface area contributed by atoms with Crippen LogP contribution in [0.3, 0.4) is 0 Å². The molecule has 0 N–H and O–H groups in total. The van der Waals surface area contributed by atoms with E-state index in [1.54, 1.807) is 31.1 Å². The summed E-state index contributed by atoms with van der Waals surface area (Å²) >= 11 is 0. The maximum atomic E-state index is 12.5. The molecule has 4 heterocycles. The summed E-state index contributed by atoms with van der Waals surface area (Å²) < 4.78 is 21.3. The van der Waals surface area contributed by atoms with Crippen molar-refractivity contribution in [3.8, 4) is 11.5 Å². The van der Waals surface area contributed by atoms with Crippen LogP contribution in [0.5, 0.6) is 0 Å². The van der Waals surface area contributed by atoms with E-state index in [4.69, 9.17) is 18.2 Å². The van der Waals surface area contributed by atoms with E-state index in [2.05, 4.69) is 15.2 Å². The minimum atomic E-state index is -0.347. The van der Waals surface area contributed by atoms with Crippen LogP contribution in [0.25, 0.3) is 11.5 Å². The monoisotopic (exact) mass is 386 g/mol. The van der Waals surface area contributed by atoms with E-state index >= 15 is 0 Å². The Morgan fingerprint density at radius 1 is 1.18 bits per heavy atom. The molecular formula is C19H22N4O5. The van der Waals surface area contributed by atoms with Crippen LogP contribution in [0.15, 0.2) is 37.9 Å². The summed E-state index contributed by atoms with van der Waals surface area (Å²) in [4.78, 5) is 16.4. The molecule has 0 radical (unpaired) electrons. The van der Waals surface area contributed by atoms with Gasteiger partial charge in [-0.2, -0.15) is 0 Å². The third-order valence-electron chi connectivity index (χ3n) is 4.78. The Kier molecular flexibility index (Phi) is 5.16. The molecule has 0 aromatic carbocycles. The molecule has 3 aromatic heterocycles. The predicted molar refractivity (Wildman–Crippen MR) is 97.2 cm³/mol. The Morgan fingerprint density at radius 2 is 2.00 bits per heavy atom. The van der Waals surface area contributed by atoms with Gasteiger partial charge in [0.05, 0.1) is 24.1 Å². The number of aromatic nitrogens is 2. The fourth-order valence-corrected chi connectivity index (χ4v) is 3.17. The number of nitrogens with zero attached hydrogens (tertiary/aromatic N) is 4. The lowest BCUT2D eigenvalue weighted by Crippen LogP contribution is -2.48. The molecule has 0 saturated carbocycles. The molecule has 1 aliphatic rings. The number of rotatable bonds is 5. The molecule has 0 bridgehead atoms. The van der Waals surface area contributed by atoms with E-state index in [1.165, 1.54) is 0 Å². The lowest BCUT2D eigenvalue weighted by molar-refractivity contribution is 0.0684.